The first-order valence-electron chi connectivity index (χ1n) is 9.92. The quantitative estimate of drug-likeness (QED) is 0.868. The molecule has 0 radical (unpaired) electrons. The molecule has 26 heavy (non-hydrogen) atoms. The predicted molar refractivity (Wildman–Crippen MR) is 105 cm³/mol. The highest BCUT2D eigenvalue weighted by Crippen LogP contribution is 2.60. The molecule has 0 aliphatic heterocycles. The molecule has 6 rings (SSSR count). The third-order valence-electron chi connectivity index (χ3n) is 6.62. The average molecular weight is 370 g/mol. The van der Waals surface area contributed by atoms with E-state index in [-0.39, 0.29) is 5.91 Å². The molecule has 0 spiro atoms. The maximum atomic E-state index is 12.4. The number of thioether (sulfide) groups is 1. The molecule has 4 aliphatic rings. The van der Waals surface area contributed by atoms with Gasteiger partial charge in [-0.15, -0.1) is 11.8 Å². The number of aryl methyl sites for hydroxylation is 1. The molecule has 1 N–H and O–H groups in total. The number of carbonyl (C=O) groups excluding carboxylic acids is 1. The maximum absolute atomic E-state index is 12.4. The molecule has 0 aromatic carbocycles. The van der Waals surface area contributed by atoms with Crippen molar-refractivity contribution in [2.24, 2.45) is 17.8 Å². The summed E-state index contributed by atoms with van der Waals surface area (Å²) in [4.78, 5) is 17.0. The largest absolute Gasteiger partial charge is 0.350 e. The topological polar surface area (TPSA) is 46.4 Å². The van der Waals surface area contributed by atoms with Crippen molar-refractivity contribution in [3.63, 3.8) is 0 Å². The summed E-state index contributed by atoms with van der Waals surface area (Å²) < 4.78 is 2.42. The Kier molecular flexibility index (Phi) is 4.03. The Morgan fingerprint density at radius 2 is 1.96 bits per heavy atom. The van der Waals surface area contributed by atoms with Crippen molar-refractivity contribution in [3.8, 4) is 0 Å². The number of imidazole rings is 1. The summed E-state index contributed by atoms with van der Waals surface area (Å²) in [6, 6.07) is 4.13. The molecular formula is C21H27N3OS. The zero-order valence-electron chi connectivity index (χ0n) is 15.4. The first-order chi connectivity index (χ1) is 12.6. The second kappa shape index (κ2) is 6.29. The number of pyridine rings is 1. The Bertz CT molecular complexity index is 808. The average Bonchev–Trinajstić information content (AvgIpc) is 2.99. The zero-order chi connectivity index (χ0) is 17.7. The van der Waals surface area contributed by atoms with Crippen molar-refractivity contribution in [3.05, 3.63) is 35.8 Å². The third-order valence-corrected chi connectivity index (χ3v) is 8.14. The van der Waals surface area contributed by atoms with Gasteiger partial charge in [-0.25, -0.2) is 4.98 Å². The van der Waals surface area contributed by atoms with Gasteiger partial charge in [-0.2, -0.15) is 0 Å². The Balaban J connectivity index is 1.16. The molecule has 4 bridgehead atoms. The van der Waals surface area contributed by atoms with E-state index in [1.54, 1.807) is 0 Å². The number of hydrogen-bond donors (Lipinski definition) is 1. The minimum atomic E-state index is 0.152. The lowest BCUT2D eigenvalue weighted by Gasteiger charge is -2.56. The van der Waals surface area contributed by atoms with Gasteiger partial charge in [-0.3, -0.25) is 4.79 Å². The summed E-state index contributed by atoms with van der Waals surface area (Å²) in [6.07, 6.45) is 12.4. The van der Waals surface area contributed by atoms with Gasteiger partial charge >= 0.3 is 0 Å². The summed E-state index contributed by atoms with van der Waals surface area (Å²) in [5, 5.41) is 3.07. The van der Waals surface area contributed by atoms with Crippen molar-refractivity contribution >= 4 is 23.3 Å². The molecule has 2 aromatic heterocycles. The normalized spacial score (nSPS) is 32.3. The Hall–Kier alpha value is -1.49. The monoisotopic (exact) mass is 369 g/mol. The van der Waals surface area contributed by atoms with Crippen molar-refractivity contribution in [2.45, 2.75) is 56.7 Å². The Morgan fingerprint density at radius 1 is 1.27 bits per heavy atom. The van der Waals surface area contributed by atoms with Crippen molar-refractivity contribution in [2.75, 3.05) is 5.75 Å². The number of nitrogens with zero attached hydrogens (tertiary/aromatic N) is 2. The molecule has 4 nitrogen and oxygen atoms in total. The fourth-order valence-electron chi connectivity index (χ4n) is 5.89. The minimum Gasteiger partial charge on any atom is -0.350 e. The van der Waals surface area contributed by atoms with Gasteiger partial charge < -0.3 is 9.72 Å². The fourth-order valence-corrected chi connectivity index (χ4v) is 7.49. The van der Waals surface area contributed by atoms with E-state index in [1.165, 1.54) is 44.1 Å². The predicted octanol–water partition coefficient (Wildman–Crippen LogP) is 3.96. The summed E-state index contributed by atoms with van der Waals surface area (Å²) in [7, 11) is 0. The van der Waals surface area contributed by atoms with Crippen molar-refractivity contribution < 1.29 is 4.79 Å². The lowest BCUT2D eigenvalue weighted by atomic mass is 9.56. The van der Waals surface area contributed by atoms with Gasteiger partial charge in [-0.05, 0) is 80.9 Å². The SMILES string of the molecule is Cc1ccn2cc(CNC(=O)CSC34CC5CC(CC(C5)C3)C4)nc2c1. The van der Waals surface area contributed by atoms with E-state index >= 15 is 0 Å². The highest BCUT2D eigenvalue weighted by Gasteiger charge is 2.51. The van der Waals surface area contributed by atoms with Gasteiger partial charge in [0.15, 0.2) is 0 Å². The molecule has 0 atom stereocenters. The highest BCUT2D eigenvalue weighted by atomic mass is 32.2. The van der Waals surface area contributed by atoms with Crippen LogP contribution in [0.15, 0.2) is 24.5 Å². The smallest absolute Gasteiger partial charge is 0.230 e. The molecule has 4 fully saturated rings. The van der Waals surface area contributed by atoms with E-state index in [9.17, 15) is 4.79 Å². The molecule has 138 valence electrons. The maximum Gasteiger partial charge on any atom is 0.230 e. The fraction of sp³-hybridized carbons (Fsp3) is 0.619. The van der Waals surface area contributed by atoms with Crippen LogP contribution in [0.5, 0.6) is 0 Å². The molecule has 2 aromatic rings. The van der Waals surface area contributed by atoms with Gasteiger partial charge in [0.25, 0.3) is 0 Å². The number of aromatic nitrogens is 2. The number of fused-ring (bicyclic) bond motifs is 1. The van der Waals surface area contributed by atoms with E-state index in [2.05, 4.69) is 29.4 Å². The molecule has 0 saturated heterocycles. The van der Waals surface area contributed by atoms with Crippen LogP contribution in [0.2, 0.25) is 0 Å². The van der Waals surface area contributed by atoms with Gasteiger partial charge in [0.05, 0.1) is 18.0 Å². The number of rotatable bonds is 5. The standard InChI is InChI=1S/C21H27N3OS/c1-14-2-3-24-12-18(23-19(24)4-14)11-22-20(25)13-26-21-8-15-5-16(9-21)7-17(6-15)10-21/h2-4,12,15-17H,5-11,13H2,1H3,(H,22,25). The summed E-state index contributed by atoms with van der Waals surface area (Å²) in [5.74, 6) is 3.58. The van der Waals surface area contributed by atoms with Crippen LogP contribution in [0.1, 0.15) is 49.8 Å². The molecule has 1 amide bonds. The minimum absolute atomic E-state index is 0.152. The first kappa shape index (κ1) is 16.7. The van der Waals surface area contributed by atoms with Crippen LogP contribution in [-0.4, -0.2) is 25.8 Å². The number of amides is 1. The number of carbonyl (C=O) groups is 1. The molecule has 0 unspecified atom stereocenters. The summed E-state index contributed by atoms with van der Waals surface area (Å²) in [5.41, 5.74) is 3.06. The van der Waals surface area contributed by atoms with Crippen molar-refractivity contribution in [1.82, 2.24) is 14.7 Å². The molecule has 4 saturated carbocycles. The molecule has 5 heteroatoms. The van der Waals surface area contributed by atoms with E-state index in [0.29, 0.717) is 17.0 Å². The van der Waals surface area contributed by atoms with E-state index < -0.39 is 0 Å². The Labute approximate surface area is 159 Å². The van der Waals surface area contributed by atoms with Crippen LogP contribution in [-0.2, 0) is 11.3 Å². The summed E-state index contributed by atoms with van der Waals surface area (Å²) >= 11 is 1.95. The van der Waals surface area contributed by atoms with Crippen LogP contribution < -0.4 is 5.32 Å². The number of nitrogens with one attached hydrogen (secondary N) is 1. The molecular weight excluding hydrogens is 342 g/mol. The van der Waals surface area contributed by atoms with Gasteiger partial charge in [0.1, 0.15) is 5.65 Å². The van der Waals surface area contributed by atoms with Crippen LogP contribution >= 0.6 is 11.8 Å². The van der Waals surface area contributed by atoms with E-state index in [0.717, 1.165) is 29.1 Å². The lowest BCUT2D eigenvalue weighted by molar-refractivity contribution is -0.118. The molecule has 2 heterocycles. The van der Waals surface area contributed by atoms with Crippen LogP contribution in [0.4, 0.5) is 0 Å². The van der Waals surface area contributed by atoms with Gasteiger partial charge in [-0.1, -0.05) is 0 Å². The van der Waals surface area contributed by atoms with Crippen LogP contribution in [0, 0.1) is 24.7 Å². The Morgan fingerprint density at radius 3 is 2.65 bits per heavy atom. The van der Waals surface area contributed by atoms with E-state index in [4.69, 9.17) is 0 Å². The zero-order valence-corrected chi connectivity index (χ0v) is 16.2. The second-order valence-electron chi connectivity index (χ2n) is 8.87. The molecule has 4 aliphatic carbocycles. The lowest BCUT2D eigenvalue weighted by Crippen LogP contribution is -2.49. The van der Waals surface area contributed by atoms with E-state index in [1.807, 2.05) is 28.6 Å². The van der Waals surface area contributed by atoms with Crippen molar-refractivity contribution in [1.29, 1.82) is 0 Å². The highest BCUT2D eigenvalue weighted by molar-refractivity contribution is 8.01. The second-order valence-corrected chi connectivity index (χ2v) is 10.3. The van der Waals surface area contributed by atoms with Gasteiger partial charge in [0, 0.05) is 17.1 Å². The third kappa shape index (κ3) is 3.15. The summed E-state index contributed by atoms with van der Waals surface area (Å²) in [6.45, 7) is 2.58. The first-order valence-corrected chi connectivity index (χ1v) is 10.9. The van der Waals surface area contributed by atoms with Gasteiger partial charge in [0.2, 0.25) is 5.91 Å². The number of hydrogen-bond acceptors (Lipinski definition) is 3. The van der Waals surface area contributed by atoms with Crippen LogP contribution in [0.3, 0.4) is 0 Å². The van der Waals surface area contributed by atoms with Crippen LogP contribution in [0.25, 0.3) is 5.65 Å².